The van der Waals surface area contributed by atoms with Crippen LogP contribution >= 0.6 is 0 Å². The van der Waals surface area contributed by atoms with Crippen molar-refractivity contribution in [3.63, 3.8) is 0 Å². The molecule has 1 aliphatic rings. The molecule has 2 heterocycles. The molecule has 25 heavy (non-hydrogen) atoms. The molecule has 1 fully saturated rings. The summed E-state index contributed by atoms with van der Waals surface area (Å²) >= 11 is 0. The molecule has 0 saturated carbocycles. The van der Waals surface area contributed by atoms with Crippen molar-refractivity contribution < 1.29 is 9.84 Å². The highest BCUT2D eigenvalue weighted by atomic mass is 16.5. The highest BCUT2D eigenvalue weighted by Crippen LogP contribution is 2.23. The van der Waals surface area contributed by atoms with Gasteiger partial charge < -0.3 is 15.2 Å². The average Bonchev–Trinajstić information content (AvgIpc) is 3.18. The van der Waals surface area contributed by atoms with Gasteiger partial charge in [-0.15, -0.1) is 5.10 Å². The second-order valence-corrected chi connectivity index (χ2v) is 6.81. The topological polar surface area (TPSA) is 88.3 Å². The van der Waals surface area contributed by atoms with Gasteiger partial charge in [0.2, 0.25) is 0 Å². The molecule has 0 bridgehead atoms. The summed E-state index contributed by atoms with van der Waals surface area (Å²) in [5.41, 5.74) is 1.65. The molecule has 2 N–H and O–H groups in total. The zero-order valence-corrected chi connectivity index (χ0v) is 15.0. The van der Waals surface area contributed by atoms with Crippen molar-refractivity contribution in [3.8, 4) is 5.69 Å². The van der Waals surface area contributed by atoms with E-state index in [2.05, 4.69) is 51.7 Å². The Morgan fingerprint density at radius 2 is 2.32 bits per heavy atom. The molecule has 8 heteroatoms. The number of nitrogens with zero attached hydrogens (tertiary/aromatic N) is 5. The lowest BCUT2D eigenvalue weighted by Crippen LogP contribution is -2.65. The van der Waals surface area contributed by atoms with E-state index in [1.165, 1.54) is 0 Å². The van der Waals surface area contributed by atoms with Gasteiger partial charge in [-0.25, -0.2) is 4.68 Å². The lowest BCUT2D eigenvalue weighted by Gasteiger charge is -2.47. The summed E-state index contributed by atoms with van der Waals surface area (Å²) in [6.45, 7) is 6.13. The van der Waals surface area contributed by atoms with Crippen LogP contribution in [-0.2, 0) is 4.74 Å². The third kappa shape index (κ3) is 3.72. The molecule has 1 aliphatic heterocycles. The summed E-state index contributed by atoms with van der Waals surface area (Å²) in [6.07, 6.45) is 1.58. The fourth-order valence-corrected chi connectivity index (χ4v) is 3.17. The van der Waals surface area contributed by atoms with Gasteiger partial charge in [0, 0.05) is 18.6 Å². The molecular formula is C17H26N6O2. The summed E-state index contributed by atoms with van der Waals surface area (Å²) in [5.74, 6) is 0. The summed E-state index contributed by atoms with van der Waals surface area (Å²) in [7, 11) is 2.05. The smallest absolute Gasteiger partial charge is 0.143 e. The van der Waals surface area contributed by atoms with Gasteiger partial charge in [0.15, 0.2) is 0 Å². The maximum atomic E-state index is 10.00. The number of morpholine rings is 1. The quantitative estimate of drug-likeness (QED) is 0.782. The fourth-order valence-electron chi connectivity index (χ4n) is 3.17. The van der Waals surface area contributed by atoms with E-state index >= 15 is 0 Å². The first-order valence-corrected chi connectivity index (χ1v) is 8.54. The van der Waals surface area contributed by atoms with Crippen LogP contribution in [0.5, 0.6) is 0 Å². The van der Waals surface area contributed by atoms with Crippen LogP contribution < -0.4 is 5.32 Å². The largest absolute Gasteiger partial charge is 0.394 e. The zero-order valence-electron chi connectivity index (χ0n) is 15.0. The maximum Gasteiger partial charge on any atom is 0.143 e. The van der Waals surface area contributed by atoms with Crippen molar-refractivity contribution in [2.24, 2.45) is 0 Å². The highest BCUT2D eigenvalue weighted by molar-refractivity contribution is 5.35. The molecular weight excluding hydrogens is 320 g/mol. The van der Waals surface area contributed by atoms with E-state index in [0.29, 0.717) is 19.8 Å². The Bertz CT molecular complexity index is 680. The third-order valence-corrected chi connectivity index (χ3v) is 5.15. The third-order valence-electron chi connectivity index (χ3n) is 5.15. The van der Waals surface area contributed by atoms with Gasteiger partial charge in [0.05, 0.1) is 31.0 Å². The number of likely N-dealkylation sites (N-methyl/N-ethyl adjacent to an activating group) is 1. The number of aromatic nitrogens is 4. The van der Waals surface area contributed by atoms with E-state index in [-0.39, 0.29) is 18.7 Å². The molecule has 0 aliphatic carbocycles. The molecule has 0 spiro atoms. The van der Waals surface area contributed by atoms with Crippen molar-refractivity contribution >= 4 is 0 Å². The molecule has 1 aromatic heterocycles. The summed E-state index contributed by atoms with van der Waals surface area (Å²) < 4.78 is 7.33. The Morgan fingerprint density at radius 3 is 3.04 bits per heavy atom. The van der Waals surface area contributed by atoms with Gasteiger partial charge in [-0.1, -0.05) is 12.1 Å². The van der Waals surface area contributed by atoms with Crippen LogP contribution in [-0.4, -0.2) is 75.2 Å². The minimum Gasteiger partial charge on any atom is -0.394 e. The van der Waals surface area contributed by atoms with E-state index < -0.39 is 5.54 Å². The van der Waals surface area contributed by atoms with Crippen LogP contribution in [0, 0.1) is 0 Å². The van der Waals surface area contributed by atoms with Gasteiger partial charge in [-0.05, 0) is 49.0 Å². The molecule has 3 atom stereocenters. The Morgan fingerprint density at radius 1 is 1.48 bits per heavy atom. The molecule has 0 radical (unpaired) electrons. The van der Waals surface area contributed by atoms with Gasteiger partial charge in [0.25, 0.3) is 0 Å². The van der Waals surface area contributed by atoms with Crippen molar-refractivity contribution in [1.82, 2.24) is 30.4 Å². The van der Waals surface area contributed by atoms with Gasteiger partial charge in [0.1, 0.15) is 6.33 Å². The number of aliphatic hydroxyl groups excluding tert-OH is 1. The average molecular weight is 346 g/mol. The Labute approximate surface area is 147 Å². The number of hydrogen-bond donors (Lipinski definition) is 2. The minimum absolute atomic E-state index is 0.0538. The summed E-state index contributed by atoms with van der Waals surface area (Å²) in [4.78, 5) is 2.22. The van der Waals surface area contributed by atoms with Crippen LogP contribution in [0.1, 0.15) is 25.5 Å². The second-order valence-electron chi connectivity index (χ2n) is 6.81. The van der Waals surface area contributed by atoms with Gasteiger partial charge in [-0.2, -0.15) is 0 Å². The Hall–Kier alpha value is -1.87. The van der Waals surface area contributed by atoms with Crippen LogP contribution in [0.3, 0.4) is 0 Å². The number of hydrogen-bond acceptors (Lipinski definition) is 7. The monoisotopic (exact) mass is 346 g/mol. The maximum absolute atomic E-state index is 10.00. The predicted octanol–water partition coefficient (Wildman–Crippen LogP) is 0.395. The summed E-state index contributed by atoms with van der Waals surface area (Å²) in [6, 6.07) is 8.48. The molecule has 3 rings (SSSR count). The van der Waals surface area contributed by atoms with E-state index in [0.717, 1.165) is 11.3 Å². The summed E-state index contributed by atoms with van der Waals surface area (Å²) in [5, 5.41) is 24.8. The van der Waals surface area contributed by atoms with E-state index in [4.69, 9.17) is 4.74 Å². The van der Waals surface area contributed by atoms with Crippen molar-refractivity contribution in [1.29, 1.82) is 0 Å². The number of nitrogens with one attached hydrogen (secondary N) is 1. The fraction of sp³-hybridized carbons (Fsp3) is 0.588. The molecule has 1 saturated heterocycles. The van der Waals surface area contributed by atoms with Gasteiger partial charge in [-0.3, -0.25) is 4.90 Å². The van der Waals surface area contributed by atoms with Crippen LogP contribution in [0.4, 0.5) is 0 Å². The normalized spacial score (nSPS) is 25.8. The highest BCUT2D eigenvalue weighted by Gasteiger charge is 2.40. The zero-order chi connectivity index (χ0) is 17.9. The Kier molecular flexibility index (Phi) is 5.43. The van der Waals surface area contributed by atoms with Crippen LogP contribution in [0.25, 0.3) is 5.69 Å². The number of benzene rings is 1. The number of ether oxygens (including phenoxy) is 1. The van der Waals surface area contributed by atoms with Gasteiger partial charge >= 0.3 is 0 Å². The molecule has 1 aromatic carbocycles. The molecule has 0 amide bonds. The molecule has 1 unspecified atom stereocenters. The first kappa shape index (κ1) is 17.9. The SMILES string of the molecule is CC(NC[C@]1(CO)COC[C@@H](C)N1C)c1cccc(-n2cnnn2)c1. The van der Waals surface area contributed by atoms with Crippen molar-refractivity contribution in [2.75, 3.05) is 33.4 Å². The van der Waals surface area contributed by atoms with Crippen molar-refractivity contribution in [3.05, 3.63) is 36.2 Å². The van der Waals surface area contributed by atoms with Crippen LogP contribution in [0.15, 0.2) is 30.6 Å². The number of rotatable bonds is 6. The number of tetrazole rings is 1. The molecule has 136 valence electrons. The molecule has 2 aromatic rings. The lowest BCUT2D eigenvalue weighted by atomic mass is 9.95. The number of aliphatic hydroxyl groups is 1. The van der Waals surface area contributed by atoms with Crippen molar-refractivity contribution in [2.45, 2.75) is 31.5 Å². The van der Waals surface area contributed by atoms with E-state index in [1.54, 1.807) is 11.0 Å². The van der Waals surface area contributed by atoms with Crippen LogP contribution in [0.2, 0.25) is 0 Å². The lowest BCUT2D eigenvalue weighted by molar-refractivity contribution is -0.106. The standard InChI is InChI=1S/C17H26N6O2/c1-13-8-25-11-17(10-24,22(13)3)9-18-14(2)15-5-4-6-16(7-15)23-12-19-20-21-23/h4-7,12-14,18,24H,8-11H2,1-3H3/t13-,14?,17+/m1/s1. The Balaban J connectivity index is 1.70. The van der Waals surface area contributed by atoms with E-state index in [9.17, 15) is 5.11 Å². The predicted molar refractivity (Wildman–Crippen MR) is 93.4 cm³/mol. The van der Waals surface area contributed by atoms with E-state index in [1.807, 2.05) is 19.2 Å². The molecule has 8 nitrogen and oxygen atoms in total. The first-order chi connectivity index (χ1) is 12.1. The first-order valence-electron chi connectivity index (χ1n) is 8.54. The minimum atomic E-state index is -0.403. The second kappa shape index (κ2) is 7.57.